The standard InChI is InChI=1S/C37H30N3O.Pt/c1-23-18-19-38-35(20-23)40-32-21-26(25-8-6-5-7-9-25)11-14-29(32)37(3,4)30-15-12-27(22-33(30)40)31-16-13-28-24(2)10-17-34(41)36(28)39-31;/h5-21,41H,1-4H3;/q-1;. The summed E-state index contributed by atoms with van der Waals surface area (Å²) in [7, 11) is 0. The number of anilines is 3. The van der Waals surface area contributed by atoms with Crippen LogP contribution in [0.1, 0.15) is 36.1 Å². The van der Waals surface area contributed by atoms with Crippen molar-refractivity contribution in [3.8, 4) is 28.1 Å². The minimum Gasteiger partial charge on any atom is -0.506 e. The number of aromatic nitrogens is 2. The molecule has 0 saturated heterocycles. The molecule has 0 spiro atoms. The van der Waals surface area contributed by atoms with E-state index in [9.17, 15) is 5.11 Å². The SMILES string of the molecule is Cc1ccnc(N2c3[c-]c(-c4ccc5c(C)ccc(O)c5n4)ccc3C(C)(C)c3ccc(-c4ccccc4)cc32)c1.[Pt]. The van der Waals surface area contributed by atoms with Gasteiger partial charge in [0.2, 0.25) is 0 Å². The number of rotatable bonds is 3. The summed E-state index contributed by atoms with van der Waals surface area (Å²) in [5.41, 5.74) is 11.0. The van der Waals surface area contributed by atoms with Crippen molar-refractivity contribution in [2.75, 3.05) is 4.90 Å². The molecule has 0 aliphatic carbocycles. The van der Waals surface area contributed by atoms with Gasteiger partial charge in [0.1, 0.15) is 17.1 Å². The molecular weight excluding hydrogens is 698 g/mol. The molecule has 42 heavy (non-hydrogen) atoms. The van der Waals surface area contributed by atoms with E-state index in [1.54, 1.807) is 6.07 Å². The summed E-state index contributed by atoms with van der Waals surface area (Å²) in [6.45, 7) is 8.67. The zero-order valence-corrected chi connectivity index (χ0v) is 26.2. The molecule has 7 rings (SSSR count). The summed E-state index contributed by atoms with van der Waals surface area (Å²) in [5.74, 6) is 1.03. The molecule has 0 radical (unpaired) electrons. The van der Waals surface area contributed by atoms with Crippen LogP contribution >= 0.6 is 0 Å². The second-order valence-electron chi connectivity index (χ2n) is 11.4. The van der Waals surface area contributed by atoms with Crippen LogP contribution in [-0.4, -0.2) is 15.1 Å². The van der Waals surface area contributed by atoms with Crippen molar-refractivity contribution >= 4 is 28.1 Å². The second kappa shape index (κ2) is 10.5. The van der Waals surface area contributed by atoms with E-state index in [0.717, 1.165) is 50.5 Å². The molecule has 0 atom stereocenters. The van der Waals surface area contributed by atoms with Crippen molar-refractivity contribution in [1.82, 2.24) is 9.97 Å². The monoisotopic (exact) mass is 727 g/mol. The molecule has 210 valence electrons. The van der Waals surface area contributed by atoms with Crippen LogP contribution in [-0.2, 0) is 26.5 Å². The Morgan fingerprint density at radius 1 is 0.786 bits per heavy atom. The maximum atomic E-state index is 10.6. The van der Waals surface area contributed by atoms with E-state index in [-0.39, 0.29) is 32.2 Å². The van der Waals surface area contributed by atoms with Gasteiger partial charge in [0.15, 0.2) is 0 Å². The molecule has 0 unspecified atom stereocenters. The minimum absolute atomic E-state index is 0. The van der Waals surface area contributed by atoms with Gasteiger partial charge in [0.25, 0.3) is 0 Å². The molecule has 0 fully saturated rings. The van der Waals surface area contributed by atoms with Gasteiger partial charge in [-0.05, 0) is 82.7 Å². The molecule has 4 aromatic carbocycles. The fourth-order valence-corrected chi connectivity index (χ4v) is 6.01. The summed E-state index contributed by atoms with van der Waals surface area (Å²) in [6.07, 6.45) is 1.87. The van der Waals surface area contributed by atoms with Crippen LogP contribution < -0.4 is 4.90 Å². The third-order valence-electron chi connectivity index (χ3n) is 8.30. The van der Waals surface area contributed by atoms with E-state index in [0.29, 0.717) is 5.52 Å². The number of phenolic OH excluding ortho intramolecular Hbond substituents is 1. The van der Waals surface area contributed by atoms with Gasteiger partial charge in [-0.1, -0.05) is 80.1 Å². The number of aryl methyl sites for hydroxylation is 2. The maximum absolute atomic E-state index is 10.6. The van der Waals surface area contributed by atoms with Crippen LogP contribution in [0.4, 0.5) is 17.2 Å². The van der Waals surface area contributed by atoms with Gasteiger partial charge >= 0.3 is 0 Å². The van der Waals surface area contributed by atoms with Crippen LogP contribution in [0.2, 0.25) is 0 Å². The van der Waals surface area contributed by atoms with Crippen LogP contribution in [0.3, 0.4) is 0 Å². The Balaban J connectivity index is 0.00000316. The first-order valence-corrected chi connectivity index (χ1v) is 13.9. The van der Waals surface area contributed by atoms with Crippen LogP contribution in [0.5, 0.6) is 5.75 Å². The number of pyridine rings is 2. The van der Waals surface area contributed by atoms with Crippen LogP contribution in [0.15, 0.2) is 103 Å². The van der Waals surface area contributed by atoms with Gasteiger partial charge in [-0.2, -0.15) is 0 Å². The van der Waals surface area contributed by atoms with E-state index in [1.807, 2.05) is 43.5 Å². The van der Waals surface area contributed by atoms with Gasteiger partial charge in [-0.3, -0.25) is 4.98 Å². The van der Waals surface area contributed by atoms with Gasteiger partial charge in [-0.15, -0.1) is 23.8 Å². The second-order valence-corrected chi connectivity index (χ2v) is 11.4. The molecule has 1 aliphatic rings. The molecule has 0 saturated carbocycles. The number of aromatic hydroxyl groups is 1. The Morgan fingerprint density at radius 2 is 1.57 bits per heavy atom. The van der Waals surface area contributed by atoms with E-state index >= 15 is 0 Å². The van der Waals surface area contributed by atoms with Crippen molar-refractivity contribution < 1.29 is 26.2 Å². The molecule has 0 amide bonds. The summed E-state index contributed by atoms with van der Waals surface area (Å²) < 4.78 is 0. The van der Waals surface area contributed by atoms with E-state index < -0.39 is 0 Å². The van der Waals surface area contributed by atoms with Crippen LogP contribution in [0, 0.1) is 19.9 Å². The number of hydrogen-bond acceptors (Lipinski definition) is 4. The van der Waals surface area contributed by atoms with Gasteiger partial charge in [0, 0.05) is 38.3 Å². The number of hydrogen-bond donors (Lipinski definition) is 1. The molecule has 1 N–H and O–H groups in total. The number of nitrogens with zero attached hydrogens (tertiary/aromatic N) is 3. The molecule has 5 heteroatoms. The summed E-state index contributed by atoms with van der Waals surface area (Å²) >= 11 is 0. The van der Waals surface area contributed by atoms with Crippen molar-refractivity contribution in [2.45, 2.75) is 33.1 Å². The molecule has 3 heterocycles. The molecule has 4 nitrogen and oxygen atoms in total. The summed E-state index contributed by atoms with van der Waals surface area (Å²) in [4.78, 5) is 12.0. The third kappa shape index (κ3) is 4.51. The van der Waals surface area contributed by atoms with Crippen molar-refractivity contribution in [3.63, 3.8) is 0 Å². The largest absolute Gasteiger partial charge is 0.506 e. The first-order valence-electron chi connectivity index (χ1n) is 13.9. The van der Waals surface area contributed by atoms with Gasteiger partial charge in [-0.25, -0.2) is 4.98 Å². The smallest absolute Gasteiger partial charge is 0.140 e. The quantitative estimate of drug-likeness (QED) is 0.185. The van der Waals surface area contributed by atoms with Crippen LogP contribution in [0.25, 0.3) is 33.3 Å². The van der Waals surface area contributed by atoms with Crippen molar-refractivity contribution in [2.24, 2.45) is 0 Å². The fourth-order valence-electron chi connectivity index (χ4n) is 6.01. The van der Waals surface area contributed by atoms with E-state index in [1.165, 1.54) is 16.7 Å². The number of benzene rings is 4. The Hall–Kier alpha value is -4.27. The number of phenols is 1. The van der Waals surface area contributed by atoms with Gasteiger partial charge in [0.05, 0.1) is 0 Å². The van der Waals surface area contributed by atoms with E-state index in [2.05, 4.69) is 92.4 Å². The Morgan fingerprint density at radius 3 is 2.36 bits per heavy atom. The first-order chi connectivity index (χ1) is 19.8. The summed E-state index contributed by atoms with van der Waals surface area (Å²) in [6, 6.07) is 37.1. The van der Waals surface area contributed by atoms with Crippen molar-refractivity contribution in [3.05, 3.63) is 132 Å². The molecular formula is C37H30N3OPt-. The topological polar surface area (TPSA) is 49.2 Å². The molecule has 2 aromatic heterocycles. The van der Waals surface area contributed by atoms with Crippen molar-refractivity contribution in [1.29, 1.82) is 0 Å². The predicted molar refractivity (Wildman–Crippen MR) is 167 cm³/mol. The molecule has 1 aliphatic heterocycles. The Labute approximate surface area is 261 Å². The Kier molecular flexibility index (Phi) is 6.99. The van der Waals surface area contributed by atoms with Gasteiger partial charge < -0.3 is 10.0 Å². The molecule has 6 aromatic rings. The zero-order chi connectivity index (χ0) is 28.3. The molecule has 0 bridgehead atoms. The minimum atomic E-state index is -0.262. The third-order valence-corrected chi connectivity index (χ3v) is 8.30. The van der Waals surface area contributed by atoms with E-state index in [4.69, 9.17) is 9.97 Å². The predicted octanol–water partition coefficient (Wildman–Crippen LogP) is 9.19. The number of fused-ring (bicyclic) bond motifs is 3. The Bertz CT molecular complexity index is 1970. The normalized spacial score (nSPS) is 13.3. The fraction of sp³-hybridized carbons (Fsp3) is 0.135. The zero-order valence-electron chi connectivity index (χ0n) is 23.9. The maximum Gasteiger partial charge on any atom is 0.140 e. The average molecular weight is 728 g/mol. The first kappa shape index (κ1) is 27.9. The summed E-state index contributed by atoms with van der Waals surface area (Å²) in [5, 5.41) is 11.5. The average Bonchev–Trinajstić information content (AvgIpc) is 2.99.